The van der Waals surface area contributed by atoms with E-state index >= 15 is 0 Å². The van der Waals surface area contributed by atoms with E-state index in [1.807, 2.05) is 0 Å². The Morgan fingerprint density at radius 1 is 0.500 bits per heavy atom. The molecular formula is C39H76O5. The van der Waals surface area contributed by atoms with E-state index in [9.17, 15) is 14.7 Å². The summed E-state index contributed by atoms with van der Waals surface area (Å²) in [7, 11) is 0. The summed E-state index contributed by atoms with van der Waals surface area (Å²) in [6.45, 7) is 6.50. The minimum Gasteiger partial charge on any atom is -0.462 e. The molecule has 0 amide bonds. The lowest BCUT2D eigenvalue weighted by molar-refractivity contribution is -0.161. The van der Waals surface area contributed by atoms with Crippen molar-refractivity contribution in [2.45, 2.75) is 219 Å². The minimum absolute atomic E-state index is 0.0579. The Hall–Kier alpha value is -1.10. The van der Waals surface area contributed by atoms with Gasteiger partial charge in [-0.15, -0.1) is 0 Å². The van der Waals surface area contributed by atoms with Gasteiger partial charge in [-0.2, -0.15) is 0 Å². The number of carbonyl (C=O) groups excluding carboxylic acids is 2. The Morgan fingerprint density at radius 3 is 1.20 bits per heavy atom. The number of hydrogen-bond donors (Lipinski definition) is 1. The van der Waals surface area contributed by atoms with Crippen molar-refractivity contribution in [1.29, 1.82) is 0 Å². The van der Waals surface area contributed by atoms with Crippen LogP contribution in [0.1, 0.15) is 213 Å². The van der Waals surface area contributed by atoms with Gasteiger partial charge in [0.2, 0.25) is 0 Å². The fourth-order valence-electron chi connectivity index (χ4n) is 5.86. The van der Waals surface area contributed by atoms with E-state index in [-0.39, 0.29) is 25.2 Å². The normalized spacial score (nSPS) is 12.1. The van der Waals surface area contributed by atoms with Gasteiger partial charge < -0.3 is 14.6 Å². The third-order valence-electron chi connectivity index (χ3n) is 8.83. The summed E-state index contributed by atoms with van der Waals surface area (Å²) in [5, 5.41) is 9.54. The van der Waals surface area contributed by atoms with Crippen molar-refractivity contribution in [2.75, 3.05) is 13.2 Å². The average Bonchev–Trinajstić information content (AvgIpc) is 3.01. The first kappa shape index (κ1) is 42.9. The van der Waals surface area contributed by atoms with E-state index in [4.69, 9.17) is 9.47 Å². The van der Waals surface area contributed by atoms with Gasteiger partial charge in [0.1, 0.15) is 6.61 Å². The highest BCUT2D eigenvalue weighted by Gasteiger charge is 2.16. The molecule has 0 rings (SSSR count). The maximum Gasteiger partial charge on any atom is 0.306 e. The van der Waals surface area contributed by atoms with Gasteiger partial charge in [0.15, 0.2) is 6.10 Å². The van der Waals surface area contributed by atoms with E-state index in [2.05, 4.69) is 20.8 Å². The molecule has 0 spiro atoms. The van der Waals surface area contributed by atoms with Gasteiger partial charge in [0.25, 0.3) is 0 Å². The van der Waals surface area contributed by atoms with Gasteiger partial charge >= 0.3 is 11.9 Å². The maximum absolute atomic E-state index is 12.1. The van der Waals surface area contributed by atoms with E-state index in [0.29, 0.717) is 12.8 Å². The predicted molar refractivity (Wildman–Crippen MR) is 187 cm³/mol. The largest absolute Gasteiger partial charge is 0.462 e. The zero-order chi connectivity index (χ0) is 32.4. The van der Waals surface area contributed by atoms with Gasteiger partial charge in [0.05, 0.1) is 6.61 Å². The molecule has 0 fully saturated rings. The van der Waals surface area contributed by atoms with Gasteiger partial charge in [0, 0.05) is 12.8 Å². The molecule has 0 aromatic carbocycles. The van der Waals surface area contributed by atoms with Crippen molar-refractivity contribution in [2.24, 2.45) is 5.92 Å². The molecule has 0 aromatic rings. The molecule has 0 radical (unpaired) electrons. The first-order chi connectivity index (χ1) is 21.5. The molecule has 0 saturated heterocycles. The SMILES string of the molecule is CCCCCCCCCCCCCCCCCCC(=O)OC[C@H](CO)OC(=O)CCCCCCCCCCCCCC(C)C. The zero-order valence-corrected chi connectivity index (χ0v) is 29.9. The Bertz CT molecular complexity index is 605. The van der Waals surface area contributed by atoms with Crippen molar-refractivity contribution in [1.82, 2.24) is 0 Å². The van der Waals surface area contributed by atoms with Gasteiger partial charge in [-0.25, -0.2) is 0 Å². The molecule has 0 aliphatic heterocycles. The fraction of sp³-hybridized carbons (Fsp3) is 0.949. The Balaban J connectivity index is 3.50. The fourth-order valence-corrected chi connectivity index (χ4v) is 5.86. The standard InChI is InChI=1S/C39H76O5/c1-4-5-6-7-8-9-10-11-12-13-14-17-20-23-26-29-32-38(41)43-35-37(34-40)44-39(42)33-30-27-24-21-18-15-16-19-22-25-28-31-36(2)3/h36-37,40H,4-35H2,1-3H3/t37-/m0/s1. The number of rotatable bonds is 35. The van der Waals surface area contributed by atoms with E-state index in [0.717, 1.165) is 38.0 Å². The number of carbonyl (C=O) groups is 2. The molecular weight excluding hydrogens is 548 g/mol. The van der Waals surface area contributed by atoms with Crippen LogP contribution < -0.4 is 0 Å². The average molecular weight is 625 g/mol. The van der Waals surface area contributed by atoms with Gasteiger partial charge in [-0.05, 0) is 18.8 Å². The second-order valence-corrected chi connectivity index (χ2v) is 13.9. The molecule has 0 bridgehead atoms. The van der Waals surface area contributed by atoms with Crippen LogP contribution in [0.15, 0.2) is 0 Å². The lowest BCUT2D eigenvalue weighted by atomic mass is 10.0. The molecule has 0 unspecified atom stereocenters. The van der Waals surface area contributed by atoms with Crippen molar-refractivity contribution >= 4 is 11.9 Å². The quantitative estimate of drug-likeness (QED) is 0.0561. The summed E-state index contributed by atoms with van der Waals surface area (Å²) in [4.78, 5) is 24.2. The van der Waals surface area contributed by atoms with Gasteiger partial charge in [-0.1, -0.05) is 188 Å². The van der Waals surface area contributed by atoms with Crippen LogP contribution in [0.5, 0.6) is 0 Å². The summed E-state index contributed by atoms with van der Waals surface area (Å²) in [6.07, 6.45) is 35.9. The molecule has 5 nitrogen and oxygen atoms in total. The molecule has 0 aliphatic rings. The Morgan fingerprint density at radius 2 is 0.841 bits per heavy atom. The van der Waals surface area contributed by atoms with Crippen molar-refractivity contribution in [3.8, 4) is 0 Å². The zero-order valence-electron chi connectivity index (χ0n) is 29.9. The predicted octanol–water partition coefficient (Wildman–Crippen LogP) is 11.8. The summed E-state index contributed by atoms with van der Waals surface area (Å²) in [5.41, 5.74) is 0. The van der Waals surface area contributed by atoms with Crippen LogP contribution in [0.25, 0.3) is 0 Å². The number of aliphatic hydroxyl groups is 1. The maximum atomic E-state index is 12.1. The highest BCUT2D eigenvalue weighted by atomic mass is 16.6. The first-order valence-corrected chi connectivity index (χ1v) is 19.5. The van der Waals surface area contributed by atoms with E-state index < -0.39 is 6.10 Å². The number of aliphatic hydroxyl groups excluding tert-OH is 1. The second kappa shape index (κ2) is 34.8. The molecule has 44 heavy (non-hydrogen) atoms. The molecule has 5 heteroatoms. The lowest BCUT2D eigenvalue weighted by Crippen LogP contribution is -2.28. The van der Waals surface area contributed by atoms with E-state index in [1.54, 1.807) is 0 Å². The van der Waals surface area contributed by atoms with Gasteiger partial charge in [-0.3, -0.25) is 9.59 Å². The minimum atomic E-state index is -0.761. The van der Waals surface area contributed by atoms with Crippen molar-refractivity contribution in [3.05, 3.63) is 0 Å². The molecule has 1 N–H and O–H groups in total. The van der Waals surface area contributed by atoms with Crippen LogP contribution in [0.3, 0.4) is 0 Å². The van der Waals surface area contributed by atoms with Crippen LogP contribution in [-0.4, -0.2) is 36.4 Å². The number of unbranched alkanes of at least 4 members (excludes halogenated alkanes) is 25. The highest BCUT2D eigenvalue weighted by Crippen LogP contribution is 2.16. The highest BCUT2D eigenvalue weighted by molar-refractivity contribution is 5.70. The molecule has 0 aliphatic carbocycles. The topological polar surface area (TPSA) is 72.8 Å². The van der Waals surface area contributed by atoms with Crippen molar-refractivity contribution < 1.29 is 24.2 Å². The third-order valence-corrected chi connectivity index (χ3v) is 8.83. The second-order valence-electron chi connectivity index (χ2n) is 13.9. The summed E-state index contributed by atoms with van der Waals surface area (Å²) < 4.78 is 10.6. The molecule has 1 atom stereocenters. The number of esters is 2. The lowest BCUT2D eigenvalue weighted by Gasteiger charge is -2.15. The van der Waals surface area contributed by atoms with Crippen LogP contribution >= 0.6 is 0 Å². The monoisotopic (exact) mass is 625 g/mol. The van der Waals surface area contributed by atoms with Crippen LogP contribution in [0.4, 0.5) is 0 Å². The summed E-state index contributed by atoms with van der Waals surface area (Å²) >= 11 is 0. The van der Waals surface area contributed by atoms with Crippen LogP contribution in [0.2, 0.25) is 0 Å². The molecule has 0 aromatic heterocycles. The Labute approximate surface area is 274 Å². The van der Waals surface area contributed by atoms with Crippen LogP contribution in [-0.2, 0) is 19.1 Å². The number of hydrogen-bond acceptors (Lipinski definition) is 5. The third kappa shape index (κ3) is 33.8. The molecule has 262 valence electrons. The van der Waals surface area contributed by atoms with E-state index in [1.165, 1.54) is 148 Å². The smallest absolute Gasteiger partial charge is 0.306 e. The summed E-state index contributed by atoms with van der Waals surface area (Å²) in [5.74, 6) is 0.257. The summed E-state index contributed by atoms with van der Waals surface area (Å²) in [6, 6.07) is 0. The molecule has 0 saturated carbocycles. The van der Waals surface area contributed by atoms with Crippen molar-refractivity contribution in [3.63, 3.8) is 0 Å². The Kier molecular flexibility index (Phi) is 33.9. The number of ether oxygens (including phenoxy) is 2. The van der Waals surface area contributed by atoms with Crippen LogP contribution in [0, 0.1) is 5.92 Å². The molecule has 0 heterocycles. The first-order valence-electron chi connectivity index (χ1n) is 19.5.